The van der Waals surface area contributed by atoms with Crippen LogP contribution in [0.4, 0.5) is 5.69 Å². The number of benzene rings is 2. The highest BCUT2D eigenvalue weighted by molar-refractivity contribution is 5.94. The lowest BCUT2D eigenvalue weighted by molar-refractivity contribution is -0.124. The first kappa shape index (κ1) is 18.4. The zero-order valence-corrected chi connectivity index (χ0v) is 14.8. The Hall–Kier alpha value is -2.95. The Kier molecular flexibility index (Phi) is 6.46. The molecule has 25 heavy (non-hydrogen) atoms. The molecule has 2 amide bonds. The number of aryl methyl sites for hydroxylation is 3. The minimum Gasteiger partial charge on any atom is -0.326 e. The first-order valence-electron chi connectivity index (χ1n) is 8.20. The van der Waals surface area contributed by atoms with Crippen LogP contribution in [0.5, 0.6) is 0 Å². The molecule has 0 aliphatic heterocycles. The second-order valence-corrected chi connectivity index (χ2v) is 6.03. The third kappa shape index (κ3) is 5.88. The van der Waals surface area contributed by atoms with Gasteiger partial charge in [-0.25, -0.2) is 5.43 Å². The van der Waals surface area contributed by atoms with Crippen molar-refractivity contribution in [3.63, 3.8) is 0 Å². The number of carbonyl (C=O) groups excluding carboxylic acids is 2. The van der Waals surface area contributed by atoms with E-state index in [9.17, 15) is 9.59 Å². The normalized spacial score (nSPS) is 10.7. The quantitative estimate of drug-likeness (QED) is 0.626. The van der Waals surface area contributed by atoms with Gasteiger partial charge in [0.15, 0.2) is 0 Å². The second kappa shape index (κ2) is 8.78. The van der Waals surface area contributed by atoms with Crippen molar-refractivity contribution in [3.8, 4) is 0 Å². The standard InChI is InChI=1S/C20H23N3O2/c1-14-11-15(2)20(16(3)12-14)22-18(24)9-10-19(25)23-21-13-17-7-5-4-6-8-17/h4-8,11-13H,9-10H2,1-3H3,(H,22,24)(H,23,25). The second-order valence-electron chi connectivity index (χ2n) is 6.03. The molecule has 0 atom stereocenters. The number of hydrogen-bond donors (Lipinski definition) is 2. The molecule has 0 bridgehead atoms. The maximum Gasteiger partial charge on any atom is 0.240 e. The summed E-state index contributed by atoms with van der Waals surface area (Å²) in [6.45, 7) is 5.94. The molecule has 2 N–H and O–H groups in total. The lowest BCUT2D eigenvalue weighted by atomic mass is 10.0. The van der Waals surface area contributed by atoms with Crippen molar-refractivity contribution < 1.29 is 9.59 Å². The van der Waals surface area contributed by atoms with Crippen LogP contribution in [0.15, 0.2) is 47.6 Å². The van der Waals surface area contributed by atoms with Gasteiger partial charge in [-0.15, -0.1) is 0 Å². The lowest BCUT2D eigenvalue weighted by Gasteiger charge is -2.12. The number of rotatable bonds is 6. The highest BCUT2D eigenvalue weighted by Gasteiger charge is 2.10. The Morgan fingerprint density at radius 1 is 0.960 bits per heavy atom. The molecule has 0 saturated carbocycles. The van der Waals surface area contributed by atoms with Crippen LogP contribution < -0.4 is 10.7 Å². The third-order valence-corrected chi connectivity index (χ3v) is 3.72. The van der Waals surface area contributed by atoms with Crippen molar-refractivity contribution in [2.75, 3.05) is 5.32 Å². The molecule has 2 rings (SSSR count). The molecule has 0 radical (unpaired) electrons. The number of amides is 2. The van der Waals surface area contributed by atoms with E-state index in [1.165, 1.54) is 0 Å². The van der Waals surface area contributed by atoms with E-state index >= 15 is 0 Å². The van der Waals surface area contributed by atoms with Crippen molar-refractivity contribution in [3.05, 3.63) is 64.7 Å². The van der Waals surface area contributed by atoms with Crippen LogP contribution in [-0.2, 0) is 9.59 Å². The molecule has 0 unspecified atom stereocenters. The van der Waals surface area contributed by atoms with Crippen LogP contribution in [0.2, 0.25) is 0 Å². The van der Waals surface area contributed by atoms with Gasteiger partial charge in [-0.3, -0.25) is 9.59 Å². The van der Waals surface area contributed by atoms with Crippen molar-refractivity contribution in [2.45, 2.75) is 33.6 Å². The summed E-state index contributed by atoms with van der Waals surface area (Å²) in [6.07, 6.45) is 1.76. The molecule has 2 aromatic carbocycles. The molecular formula is C20H23N3O2. The van der Waals surface area contributed by atoms with Gasteiger partial charge < -0.3 is 5.32 Å². The molecule has 2 aromatic rings. The Balaban J connectivity index is 1.80. The Labute approximate surface area is 148 Å². The summed E-state index contributed by atoms with van der Waals surface area (Å²) in [4.78, 5) is 23.8. The predicted molar refractivity (Wildman–Crippen MR) is 101 cm³/mol. The molecule has 0 saturated heterocycles. The van der Waals surface area contributed by atoms with Crippen LogP contribution in [0.1, 0.15) is 35.1 Å². The molecule has 0 aliphatic carbocycles. The van der Waals surface area contributed by atoms with E-state index in [2.05, 4.69) is 15.8 Å². The number of nitrogens with zero attached hydrogens (tertiary/aromatic N) is 1. The van der Waals surface area contributed by atoms with Gasteiger partial charge in [0.05, 0.1) is 6.21 Å². The van der Waals surface area contributed by atoms with Crippen LogP contribution in [-0.4, -0.2) is 18.0 Å². The van der Waals surface area contributed by atoms with Crippen molar-refractivity contribution in [1.29, 1.82) is 0 Å². The van der Waals surface area contributed by atoms with E-state index in [1.807, 2.05) is 63.2 Å². The van der Waals surface area contributed by atoms with Gasteiger partial charge in [-0.1, -0.05) is 48.0 Å². The smallest absolute Gasteiger partial charge is 0.240 e. The van der Waals surface area contributed by atoms with Gasteiger partial charge in [0, 0.05) is 18.5 Å². The average Bonchev–Trinajstić information content (AvgIpc) is 2.57. The van der Waals surface area contributed by atoms with Crippen molar-refractivity contribution in [1.82, 2.24) is 5.43 Å². The van der Waals surface area contributed by atoms with Gasteiger partial charge in [0.1, 0.15) is 0 Å². The van der Waals surface area contributed by atoms with Crippen molar-refractivity contribution in [2.24, 2.45) is 5.10 Å². The summed E-state index contributed by atoms with van der Waals surface area (Å²) in [5.74, 6) is -0.475. The number of hydrogen-bond acceptors (Lipinski definition) is 3. The molecule has 0 heterocycles. The fraction of sp³-hybridized carbons (Fsp3) is 0.250. The minimum absolute atomic E-state index is 0.0852. The highest BCUT2D eigenvalue weighted by Crippen LogP contribution is 2.22. The van der Waals surface area contributed by atoms with Gasteiger partial charge >= 0.3 is 0 Å². The first-order valence-corrected chi connectivity index (χ1v) is 8.20. The third-order valence-electron chi connectivity index (χ3n) is 3.72. The van der Waals surface area contributed by atoms with Gasteiger partial charge in [-0.05, 0) is 37.5 Å². The molecule has 130 valence electrons. The van der Waals surface area contributed by atoms with Crippen LogP contribution in [0.3, 0.4) is 0 Å². The Bertz CT molecular complexity index is 760. The Morgan fingerprint density at radius 3 is 2.20 bits per heavy atom. The summed E-state index contributed by atoms with van der Waals surface area (Å²) in [5.41, 5.74) is 7.33. The van der Waals surface area contributed by atoms with Crippen LogP contribution in [0, 0.1) is 20.8 Å². The SMILES string of the molecule is Cc1cc(C)c(NC(=O)CCC(=O)NN=Cc2ccccc2)c(C)c1. The maximum atomic E-state index is 12.1. The van der Waals surface area contributed by atoms with Gasteiger partial charge in [0.25, 0.3) is 0 Å². The van der Waals surface area contributed by atoms with E-state index < -0.39 is 0 Å². The summed E-state index contributed by atoms with van der Waals surface area (Å²) >= 11 is 0. The molecule has 0 spiro atoms. The number of nitrogens with one attached hydrogen (secondary N) is 2. The van der Waals surface area contributed by atoms with E-state index in [0.717, 1.165) is 27.9 Å². The predicted octanol–water partition coefficient (Wildman–Crippen LogP) is 3.48. The zero-order valence-electron chi connectivity index (χ0n) is 14.8. The maximum absolute atomic E-state index is 12.1. The molecule has 0 fully saturated rings. The summed E-state index contributed by atoms with van der Waals surface area (Å²) < 4.78 is 0. The van der Waals surface area contributed by atoms with E-state index in [0.29, 0.717) is 0 Å². The van der Waals surface area contributed by atoms with Crippen LogP contribution in [0.25, 0.3) is 0 Å². The number of hydrazone groups is 1. The van der Waals surface area contributed by atoms with Gasteiger partial charge in [-0.2, -0.15) is 5.10 Å². The molecule has 5 heteroatoms. The molecule has 5 nitrogen and oxygen atoms in total. The largest absolute Gasteiger partial charge is 0.326 e. The number of carbonyl (C=O) groups is 2. The fourth-order valence-electron chi connectivity index (χ4n) is 2.58. The lowest BCUT2D eigenvalue weighted by Crippen LogP contribution is -2.21. The van der Waals surface area contributed by atoms with Gasteiger partial charge in [0.2, 0.25) is 11.8 Å². The van der Waals surface area contributed by atoms with Crippen molar-refractivity contribution >= 4 is 23.7 Å². The van der Waals surface area contributed by atoms with E-state index in [-0.39, 0.29) is 24.7 Å². The van der Waals surface area contributed by atoms with Crippen LogP contribution >= 0.6 is 0 Å². The summed E-state index contributed by atoms with van der Waals surface area (Å²) in [5, 5.41) is 6.77. The zero-order chi connectivity index (χ0) is 18.2. The molecular weight excluding hydrogens is 314 g/mol. The fourth-order valence-corrected chi connectivity index (χ4v) is 2.58. The Morgan fingerprint density at radius 2 is 1.56 bits per heavy atom. The molecule has 0 aliphatic rings. The minimum atomic E-state index is -0.292. The summed E-state index contributed by atoms with van der Waals surface area (Å²) in [7, 11) is 0. The average molecular weight is 337 g/mol. The molecule has 0 aromatic heterocycles. The summed E-state index contributed by atoms with van der Waals surface area (Å²) in [6, 6.07) is 13.5. The highest BCUT2D eigenvalue weighted by atomic mass is 16.2. The van der Waals surface area contributed by atoms with E-state index in [4.69, 9.17) is 0 Å². The topological polar surface area (TPSA) is 70.6 Å². The monoisotopic (exact) mass is 337 g/mol. The van der Waals surface area contributed by atoms with E-state index in [1.54, 1.807) is 6.21 Å². The number of anilines is 1. The first-order chi connectivity index (χ1) is 12.0.